The van der Waals surface area contributed by atoms with Crippen molar-refractivity contribution in [2.75, 3.05) is 26.7 Å². The van der Waals surface area contributed by atoms with Gasteiger partial charge >= 0.3 is 0 Å². The van der Waals surface area contributed by atoms with Crippen LogP contribution >= 0.6 is 0 Å². The second-order valence-corrected chi connectivity index (χ2v) is 8.64. The molecule has 0 unspecified atom stereocenters. The number of phenolic OH excluding ortho intramolecular Hbond substituents is 1. The summed E-state index contributed by atoms with van der Waals surface area (Å²) in [5.41, 5.74) is 6.00. The van der Waals surface area contributed by atoms with Crippen molar-refractivity contribution in [1.82, 2.24) is 24.8 Å². The topological polar surface area (TPSA) is 83.3 Å². The minimum absolute atomic E-state index is 0.0936. The molecule has 0 saturated carbocycles. The number of hydrogen-bond acceptors (Lipinski definition) is 6. The minimum Gasteiger partial charge on any atom is -0.508 e. The van der Waals surface area contributed by atoms with Crippen molar-refractivity contribution in [3.8, 4) is 22.6 Å². The van der Waals surface area contributed by atoms with E-state index in [1.54, 1.807) is 24.3 Å². The van der Waals surface area contributed by atoms with E-state index < -0.39 is 0 Å². The molecule has 4 aromatic rings. The molecule has 0 fully saturated rings. The van der Waals surface area contributed by atoms with Crippen LogP contribution in [0.15, 0.2) is 59.8 Å². The normalized spacial score (nSPS) is 11.4. The Kier molecular flexibility index (Phi) is 7.05. The van der Waals surface area contributed by atoms with E-state index >= 15 is 0 Å². The summed E-state index contributed by atoms with van der Waals surface area (Å²) in [6, 6.07) is 13.0. The van der Waals surface area contributed by atoms with Gasteiger partial charge in [0.25, 0.3) is 5.56 Å². The molecule has 0 aliphatic carbocycles. The first-order valence-corrected chi connectivity index (χ1v) is 11.6. The average molecular weight is 458 g/mol. The fraction of sp³-hybridized carbons (Fsp3) is 0.296. The summed E-state index contributed by atoms with van der Waals surface area (Å²) in [7, 11) is 1.94. The molecule has 0 radical (unpaired) electrons. The van der Waals surface area contributed by atoms with E-state index in [1.807, 2.05) is 13.2 Å². The number of aryl methyl sites for hydroxylation is 2. The standard InChI is InChI=1S/C27H31N5O2/c1-5-31(10-9-28-4)16-24-23(20-12-18(2)11-19(3)13-20)15-29-26-25(24)27(34)32(17-30-26)21-7-6-8-22(33)14-21/h6-8,11-15,17,28,33H,5,9-10,16H2,1-4H3. The Labute approximate surface area is 199 Å². The predicted octanol–water partition coefficient (Wildman–Crippen LogP) is 3.81. The van der Waals surface area contributed by atoms with Crippen LogP contribution in [-0.2, 0) is 6.54 Å². The fourth-order valence-electron chi connectivity index (χ4n) is 4.36. The van der Waals surface area contributed by atoms with Gasteiger partial charge in [0, 0.05) is 37.5 Å². The van der Waals surface area contributed by atoms with Gasteiger partial charge in [-0.25, -0.2) is 9.97 Å². The van der Waals surface area contributed by atoms with Gasteiger partial charge in [-0.3, -0.25) is 14.3 Å². The summed E-state index contributed by atoms with van der Waals surface area (Å²) >= 11 is 0. The first-order valence-electron chi connectivity index (χ1n) is 11.6. The maximum atomic E-state index is 13.8. The van der Waals surface area contributed by atoms with E-state index in [0.717, 1.165) is 47.5 Å². The zero-order valence-corrected chi connectivity index (χ0v) is 20.2. The number of benzene rings is 2. The first-order chi connectivity index (χ1) is 16.4. The Hall–Kier alpha value is -3.55. The van der Waals surface area contributed by atoms with Crippen LogP contribution in [0, 0.1) is 13.8 Å². The van der Waals surface area contributed by atoms with Crippen LogP contribution in [0.3, 0.4) is 0 Å². The zero-order chi connectivity index (χ0) is 24.2. The maximum Gasteiger partial charge on any atom is 0.267 e. The number of aromatic hydroxyl groups is 1. The lowest BCUT2D eigenvalue weighted by molar-refractivity contribution is 0.283. The lowest BCUT2D eigenvalue weighted by atomic mass is 9.96. The van der Waals surface area contributed by atoms with Crippen LogP contribution < -0.4 is 10.9 Å². The summed E-state index contributed by atoms with van der Waals surface area (Å²) in [5, 5.41) is 13.7. The van der Waals surface area contributed by atoms with Crippen LogP contribution in [0.25, 0.3) is 27.8 Å². The monoisotopic (exact) mass is 457 g/mol. The first kappa shape index (κ1) is 23.6. The van der Waals surface area contributed by atoms with Gasteiger partial charge in [0.05, 0.1) is 11.1 Å². The molecule has 2 N–H and O–H groups in total. The number of aromatic nitrogens is 3. The van der Waals surface area contributed by atoms with Crippen molar-refractivity contribution in [3.63, 3.8) is 0 Å². The van der Waals surface area contributed by atoms with Crippen molar-refractivity contribution < 1.29 is 5.11 Å². The van der Waals surface area contributed by atoms with Gasteiger partial charge in [-0.05, 0) is 50.7 Å². The molecule has 0 atom stereocenters. The van der Waals surface area contributed by atoms with Crippen LogP contribution in [0.4, 0.5) is 0 Å². The third-order valence-corrected chi connectivity index (χ3v) is 6.04. The third-order valence-electron chi connectivity index (χ3n) is 6.04. The molecule has 0 spiro atoms. The Balaban J connectivity index is 1.99. The highest BCUT2D eigenvalue weighted by atomic mass is 16.3. The van der Waals surface area contributed by atoms with E-state index in [9.17, 15) is 9.90 Å². The van der Waals surface area contributed by atoms with Gasteiger partial charge < -0.3 is 10.4 Å². The number of likely N-dealkylation sites (N-methyl/N-ethyl adjacent to an activating group) is 2. The van der Waals surface area contributed by atoms with Crippen LogP contribution in [0.2, 0.25) is 0 Å². The zero-order valence-electron chi connectivity index (χ0n) is 20.2. The van der Waals surface area contributed by atoms with E-state index in [1.165, 1.54) is 10.9 Å². The largest absolute Gasteiger partial charge is 0.508 e. The fourth-order valence-corrected chi connectivity index (χ4v) is 4.36. The van der Waals surface area contributed by atoms with Gasteiger partial charge in [-0.1, -0.05) is 42.3 Å². The maximum absolute atomic E-state index is 13.8. The minimum atomic E-state index is -0.200. The summed E-state index contributed by atoms with van der Waals surface area (Å²) in [4.78, 5) is 25.2. The molecule has 2 aromatic carbocycles. The Morgan fingerprint density at radius 3 is 2.53 bits per heavy atom. The number of hydrogen-bond donors (Lipinski definition) is 2. The lowest BCUT2D eigenvalue weighted by Crippen LogP contribution is -2.31. The molecular formula is C27H31N5O2. The highest BCUT2D eigenvalue weighted by Crippen LogP contribution is 2.30. The highest BCUT2D eigenvalue weighted by molar-refractivity contribution is 5.86. The van der Waals surface area contributed by atoms with Gasteiger partial charge in [-0.15, -0.1) is 0 Å². The second-order valence-electron chi connectivity index (χ2n) is 8.64. The van der Waals surface area contributed by atoms with Crippen molar-refractivity contribution >= 4 is 11.0 Å². The van der Waals surface area contributed by atoms with Crippen LogP contribution in [-0.4, -0.2) is 51.2 Å². The van der Waals surface area contributed by atoms with E-state index in [2.05, 4.69) is 59.2 Å². The van der Waals surface area contributed by atoms with Crippen molar-refractivity contribution in [3.05, 3.63) is 82.0 Å². The van der Waals surface area contributed by atoms with Gasteiger partial charge in [0.1, 0.15) is 12.1 Å². The van der Waals surface area contributed by atoms with E-state index in [4.69, 9.17) is 0 Å². The van der Waals surface area contributed by atoms with E-state index in [-0.39, 0.29) is 11.3 Å². The summed E-state index contributed by atoms with van der Waals surface area (Å²) < 4.78 is 1.47. The molecule has 176 valence electrons. The van der Waals surface area contributed by atoms with Gasteiger partial charge in [-0.2, -0.15) is 0 Å². The molecule has 7 nitrogen and oxygen atoms in total. The van der Waals surface area contributed by atoms with Gasteiger partial charge in [0.2, 0.25) is 0 Å². The predicted molar refractivity (Wildman–Crippen MR) is 137 cm³/mol. The Bertz CT molecular complexity index is 1360. The molecule has 0 aliphatic heterocycles. The molecular weight excluding hydrogens is 426 g/mol. The smallest absolute Gasteiger partial charge is 0.267 e. The molecule has 0 amide bonds. The Morgan fingerprint density at radius 1 is 1.09 bits per heavy atom. The molecule has 2 aromatic heterocycles. The summed E-state index contributed by atoms with van der Waals surface area (Å²) in [6.45, 7) is 9.42. The molecule has 4 rings (SSSR count). The number of rotatable bonds is 8. The van der Waals surface area contributed by atoms with Gasteiger partial charge in [0.15, 0.2) is 5.65 Å². The third kappa shape index (κ3) is 4.85. The number of nitrogens with one attached hydrogen (secondary N) is 1. The number of fused-ring (bicyclic) bond motifs is 1. The highest BCUT2D eigenvalue weighted by Gasteiger charge is 2.19. The van der Waals surface area contributed by atoms with Crippen molar-refractivity contribution in [2.24, 2.45) is 0 Å². The number of nitrogens with zero attached hydrogens (tertiary/aromatic N) is 4. The molecule has 0 aliphatic rings. The summed E-state index contributed by atoms with van der Waals surface area (Å²) in [5.74, 6) is 0.0936. The van der Waals surface area contributed by atoms with E-state index in [0.29, 0.717) is 23.3 Å². The number of pyridine rings is 1. The molecule has 7 heteroatoms. The lowest BCUT2D eigenvalue weighted by Gasteiger charge is -2.23. The van der Waals surface area contributed by atoms with Crippen LogP contribution in [0.5, 0.6) is 5.75 Å². The van der Waals surface area contributed by atoms with Crippen molar-refractivity contribution in [2.45, 2.75) is 27.3 Å². The second kappa shape index (κ2) is 10.2. The molecule has 2 heterocycles. The van der Waals surface area contributed by atoms with Crippen molar-refractivity contribution in [1.29, 1.82) is 0 Å². The average Bonchev–Trinajstić information content (AvgIpc) is 2.81. The summed E-state index contributed by atoms with van der Waals surface area (Å²) in [6.07, 6.45) is 3.31. The molecule has 0 saturated heterocycles. The molecule has 0 bridgehead atoms. The van der Waals surface area contributed by atoms with Crippen LogP contribution in [0.1, 0.15) is 23.6 Å². The SMILES string of the molecule is CCN(CCNC)Cc1c(-c2cc(C)cc(C)c2)cnc2ncn(-c3cccc(O)c3)c(=O)c12. The number of phenols is 1. The molecule has 34 heavy (non-hydrogen) atoms. The quantitative estimate of drug-likeness (QED) is 0.419. The Morgan fingerprint density at radius 2 is 1.85 bits per heavy atom.